The van der Waals surface area contributed by atoms with E-state index in [2.05, 4.69) is 15.9 Å². The van der Waals surface area contributed by atoms with Crippen molar-refractivity contribution < 1.29 is 34.2 Å². The van der Waals surface area contributed by atoms with Crippen molar-refractivity contribution >= 4 is 39.3 Å². The molecule has 1 heterocycles. The molecule has 1 fully saturated rings. The van der Waals surface area contributed by atoms with E-state index in [0.29, 0.717) is 16.7 Å². The van der Waals surface area contributed by atoms with Crippen molar-refractivity contribution in [2.24, 2.45) is 17.8 Å². The van der Waals surface area contributed by atoms with Crippen LogP contribution in [0, 0.1) is 17.8 Å². The van der Waals surface area contributed by atoms with Gasteiger partial charge in [0.1, 0.15) is 0 Å². The molecule has 0 bridgehead atoms. The van der Waals surface area contributed by atoms with Gasteiger partial charge in [0, 0.05) is 23.1 Å². The largest absolute Gasteiger partial charge is 0.504 e. The number of halogens is 1. The maximum Gasteiger partial charge on any atom is 0.257 e. The van der Waals surface area contributed by atoms with Crippen LogP contribution < -0.4 is 4.74 Å². The number of imide groups is 1. The van der Waals surface area contributed by atoms with E-state index in [9.17, 15) is 29.5 Å². The van der Waals surface area contributed by atoms with E-state index in [1.807, 2.05) is 6.08 Å². The lowest BCUT2D eigenvalue weighted by Crippen LogP contribution is -2.39. The van der Waals surface area contributed by atoms with Crippen molar-refractivity contribution in [3.05, 3.63) is 57.1 Å². The Labute approximate surface area is 190 Å². The fraction of sp³-hybridized carbons (Fsp3) is 0.304. The quantitative estimate of drug-likeness (QED) is 0.277. The first-order chi connectivity index (χ1) is 15.2. The number of carbonyl (C=O) groups is 4. The summed E-state index contributed by atoms with van der Waals surface area (Å²) in [5, 5.41) is 20.2. The maximum absolute atomic E-state index is 13.1. The second-order valence-electron chi connectivity index (χ2n) is 8.31. The van der Waals surface area contributed by atoms with Crippen LogP contribution in [0.15, 0.2) is 51.6 Å². The number of phenols is 1. The summed E-state index contributed by atoms with van der Waals surface area (Å²) in [4.78, 5) is 51.2. The highest BCUT2D eigenvalue weighted by atomic mass is 79.9. The van der Waals surface area contributed by atoms with Gasteiger partial charge in [-0.05, 0) is 52.4 Å². The zero-order chi connectivity index (χ0) is 22.9. The Hall–Kier alpha value is -3.04. The van der Waals surface area contributed by atoms with E-state index in [1.54, 1.807) is 12.1 Å². The smallest absolute Gasteiger partial charge is 0.257 e. The molecular formula is C23H18BrNO7. The number of methoxy groups -OCH3 is 1. The van der Waals surface area contributed by atoms with Crippen LogP contribution in [-0.4, -0.2) is 45.9 Å². The summed E-state index contributed by atoms with van der Waals surface area (Å²) in [5.41, 5.74) is 1.99. The number of rotatable bonds is 2. The first-order valence-corrected chi connectivity index (χ1v) is 10.9. The third kappa shape index (κ3) is 2.77. The summed E-state index contributed by atoms with van der Waals surface area (Å²) in [5.74, 6) is -4.54. The summed E-state index contributed by atoms with van der Waals surface area (Å²) in [7, 11) is 1.41. The molecular weight excluding hydrogens is 482 g/mol. The standard InChI is InChI=1S/C23H18BrNO7/c1-32-17-6-9(2-5-15(17)26)18-10-3-4-11-19(23(30)25(31)22(11)29)12(10)7-13-20(18)16(27)8-14(24)21(13)28/h2-3,5-6,8,11-12,18-19,26,31H,4,7H2,1H3. The van der Waals surface area contributed by atoms with E-state index in [0.717, 1.165) is 5.57 Å². The normalized spacial score (nSPS) is 29.4. The lowest BCUT2D eigenvalue weighted by atomic mass is 9.59. The molecule has 1 aromatic rings. The van der Waals surface area contributed by atoms with Crippen LogP contribution in [0.2, 0.25) is 0 Å². The number of aromatic hydroxyl groups is 1. The highest BCUT2D eigenvalue weighted by Gasteiger charge is 2.56. The van der Waals surface area contributed by atoms with Crippen LogP contribution in [0.4, 0.5) is 0 Å². The Morgan fingerprint density at radius 3 is 2.59 bits per heavy atom. The molecule has 2 amide bonds. The van der Waals surface area contributed by atoms with Crippen LogP contribution in [-0.2, 0) is 19.2 Å². The highest BCUT2D eigenvalue weighted by molar-refractivity contribution is 9.12. The number of Topliss-reactive ketones (excluding diaryl/α,β-unsaturated/α-hetero) is 1. The number of nitrogens with zero attached hydrogens (tertiary/aromatic N) is 1. The molecule has 1 saturated heterocycles. The van der Waals surface area contributed by atoms with Gasteiger partial charge in [0.15, 0.2) is 23.1 Å². The predicted octanol–water partition coefficient (Wildman–Crippen LogP) is 2.55. The van der Waals surface area contributed by atoms with Gasteiger partial charge in [-0.15, -0.1) is 0 Å². The van der Waals surface area contributed by atoms with Crippen LogP contribution >= 0.6 is 15.9 Å². The molecule has 164 valence electrons. The second-order valence-corrected chi connectivity index (χ2v) is 9.17. The van der Waals surface area contributed by atoms with Crippen molar-refractivity contribution in [1.29, 1.82) is 0 Å². The SMILES string of the molecule is COc1cc(C2C3=CCC4C(=O)N(O)C(=O)C4C3CC3=C2C(=O)C=C(Br)C3=O)ccc1O. The molecule has 2 N–H and O–H groups in total. The predicted molar refractivity (Wildman–Crippen MR) is 113 cm³/mol. The number of hydroxylamine groups is 2. The number of hydrogen-bond acceptors (Lipinski definition) is 7. The number of fused-ring (bicyclic) bond motifs is 3. The van der Waals surface area contributed by atoms with Gasteiger partial charge in [0.2, 0.25) is 0 Å². The van der Waals surface area contributed by atoms with Crippen molar-refractivity contribution in [2.45, 2.75) is 18.8 Å². The first-order valence-electron chi connectivity index (χ1n) is 10.1. The molecule has 4 unspecified atom stereocenters. The van der Waals surface area contributed by atoms with Gasteiger partial charge in [0.25, 0.3) is 11.8 Å². The minimum Gasteiger partial charge on any atom is -0.504 e. The van der Waals surface area contributed by atoms with Gasteiger partial charge in [-0.2, -0.15) is 5.06 Å². The highest BCUT2D eigenvalue weighted by Crippen LogP contribution is 2.55. The topological polar surface area (TPSA) is 121 Å². The monoisotopic (exact) mass is 499 g/mol. The summed E-state index contributed by atoms with van der Waals surface area (Å²) in [6.07, 6.45) is 3.45. The molecule has 1 aromatic carbocycles. The summed E-state index contributed by atoms with van der Waals surface area (Å²) in [6, 6.07) is 4.70. The van der Waals surface area contributed by atoms with Crippen molar-refractivity contribution in [3.63, 3.8) is 0 Å². The Morgan fingerprint density at radius 2 is 1.88 bits per heavy atom. The minimum absolute atomic E-state index is 0.0725. The Kier molecular flexibility index (Phi) is 4.72. The zero-order valence-corrected chi connectivity index (χ0v) is 18.5. The van der Waals surface area contributed by atoms with Gasteiger partial charge in [-0.1, -0.05) is 17.7 Å². The van der Waals surface area contributed by atoms with Gasteiger partial charge in [-0.3, -0.25) is 24.4 Å². The van der Waals surface area contributed by atoms with Crippen LogP contribution in [0.3, 0.4) is 0 Å². The Morgan fingerprint density at radius 1 is 1.12 bits per heavy atom. The number of ether oxygens (including phenoxy) is 1. The zero-order valence-electron chi connectivity index (χ0n) is 16.9. The molecule has 8 nitrogen and oxygen atoms in total. The second kappa shape index (κ2) is 7.25. The fourth-order valence-electron chi connectivity index (χ4n) is 5.44. The molecule has 0 radical (unpaired) electrons. The Bertz CT molecular complexity index is 1210. The van der Waals surface area contributed by atoms with Gasteiger partial charge in [-0.25, -0.2) is 0 Å². The first kappa shape index (κ1) is 20.8. The summed E-state index contributed by atoms with van der Waals surface area (Å²) < 4.78 is 5.37. The van der Waals surface area contributed by atoms with Gasteiger partial charge >= 0.3 is 0 Å². The van der Waals surface area contributed by atoms with Crippen molar-refractivity contribution in [2.75, 3.05) is 7.11 Å². The molecule has 5 rings (SSSR count). The average molecular weight is 500 g/mol. The van der Waals surface area contributed by atoms with E-state index in [1.165, 1.54) is 19.3 Å². The molecule has 1 aliphatic heterocycles. The van der Waals surface area contributed by atoms with E-state index >= 15 is 0 Å². The van der Waals surface area contributed by atoms with Crippen molar-refractivity contribution in [3.8, 4) is 11.5 Å². The van der Waals surface area contributed by atoms with E-state index < -0.39 is 35.5 Å². The van der Waals surface area contributed by atoms with Crippen LogP contribution in [0.1, 0.15) is 24.3 Å². The third-order valence-corrected chi connectivity index (χ3v) is 7.43. The number of amides is 2. The minimum atomic E-state index is -0.810. The number of allylic oxidation sites excluding steroid dienone is 6. The maximum atomic E-state index is 13.1. The lowest BCUT2D eigenvalue weighted by molar-refractivity contribution is -0.173. The number of ketones is 2. The molecule has 32 heavy (non-hydrogen) atoms. The van der Waals surface area contributed by atoms with Crippen LogP contribution in [0.5, 0.6) is 11.5 Å². The third-order valence-electron chi connectivity index (χ3n) is 6.85. The molecule has 0 saturated carbocycles. The Balaban J connectivity index is 1.72. The number of hydrogen-bond donors (Lipinski definition) is 2. The number of carbonyl (C=O) groups excluding carboxylic acids is 4. The van der Waals surface area contributed by atoms with Gasteiger partial charge < -0.3 is 9.84 Å². The number of benzene rings is 1. The number of phenolic OH excluding ortho intramolecular Hbond substituents is 1. The molecule has 3 aliphatic carbocycles. The molecule has 4 atom stereocenters. The molecule has 0 aromatic heterocycles. The van der Waals surface area contributed by atoms with Crippen molar-refractivity contribution in [1.82, 2.24) is 5.06 Å². The average Bonchev–Trinajstić information content (AvgIpc) is 3.00. The van der Waals surface area contributed by atoms with Gasteiger partial charge in [0.05, 0.1) is 23.4 Å². The molecule has 9 heteroatoms. The van der Waals surface area contributed by atoms with E-state index in [4.69, 9.17) is 4.74 Å². The summed E-state index contributed by atoms with van der Waals surface area (Å²) >= 11 is 3.16. The lowest BCUT2D eigenvalue weighted by Gasteiger charge is -2.42. The summed E-state index contributed by atoms with van der Waals surface area (Å²) in [6.45, 7) is 0. The van der Waals surface area contributed by atoms with Crippen LogP contribution in [0.25, 0.3) is 0 Å². The molecule has 0 spiro atoms. The molecule has 4 aliphatic rings. The van der Waals surface area contributed by atoms with E-state index in [-0.39, 0.29) is 45.5 Å². The fourth-order valence-corrected chi connectivity index (χ4v) is 5.89.